The maximum Gasteiger partial charge on any atom is 0.319 e. The van der Waals surface area contributed by atoms with E-state index in [1.165, 1.54) is 0 Å². The van der Waals surface area contributed by atoms with E-state index in [2.05, 4.69) is 10.2 Å². The van der Waals surface area contributed by atoms with Gasteiger partial charge >= 0.3 is 12.2 Å². The number of carbonyl (C=O) groups excluding carboxylic acids is 2. The molecule has 7 heteroatoms. The van der Waals surface area contributed by atoms with Crippen molar-refractivity contribution in [2.75, 3.05) is 40.3 Å². The summed E-state index contributed by atoms with van der Waals surface area (Å²) in [6.07, 6.45) is 3.54. The summed E-state index contributed by atoms with van der Waals surface area (Å²) in [5.74, 6) is 1.14. The van der Waals surface area contributed by atoms with Gasteiger partial charge in [-0.05, 0) is 31.1 Å². The molecule has 1 N–H and O–H groups in total. The highest BCUT2D eigenvalue weighted by atomic mass is 16.2. The van der Waals surface area contributed by atoms with Gasteiger partial charge in [-0.1, -0.05) is 0 Å². The van der Waals surface area contributed by atoms with Crippen LogP contribution >= 0.6 is 0 Å². The standard InChI is InChI=1S/C17H27N5O2/c1-18-15-5-4-6-22(15)16(23)9-19-14-7-12-10-21(11-13(12)8-14)17(24)20(2)3/h12-15,19H,4-11H2,2-3H3/t12-,13+,14?,15-/m0/s1. The number of nitrogens with zero attached hydrogens (tertiary/aromatic N) is 4. The van der Waals surface area contributed by atoms with Crippen LogP contribution in [0.3, 0.4) is 0 Å². The molecule has 132 valence electrons. The van der Waals surface area contributed by atoms with Gasteiger partial charge in [0, 0.05) is 46.2 Å². The molecule has 0 aromatic rings. The minimum Gasteiger partial charge on any atom is -0.331 e. The van der Waals surface area contributed by atoms with E-state index >= 15 is 0 Å². The van der Waals surface area contributed by atoms with Crippen molar-refractivity contribution in [3.63, 3.8) is 0 Å². The third-order valence-electron chi connectivity index (χ3n) is 5.64. The van der Waals surface area contributed by atoms with E-state index in [1.807, 2.05) is 4.90 Å². The van der Waals surface area contributed by atoms with E-state index in [4.69, 9.17) is 6.57 Å². The van der Waals surface area contributed by atoms with Crippen LogP contribution in [0.15, 0.2) is 0 Å². The van der Waals surface area contributed by atoms with Crippen molar-refractivity contribution in [1.82, 2.24) is 20.0 Å². The predicted octanol–water partition coefficient (Wildman–Crippen LogP) is 0.836. The highest BCUT2D eigenvalue weighted by Crippen LogP contribution is 2.38. The topological polar surface area (TPSA) is 60.3 Å². The Morgan fingerprint density at radius 2 is 1.92 bits per heavy atom. The molecule has 3 rings (SSSR count). The van der Waals surface area contributed by atoms with Crippen LogP contribution in [-0.2, 0) is 4.79 Å². The number of hydrogen-bond donors (Lipinski definition) is 1. The van der Waals surface area contributed by atoms with E-state index in [-0.39, 0.29) is 18.1 Å². The average Bonchev–Trinajstić information content (AvgIpc) is 3.25. The van der Waals surface area contributed by atoms with Crippen molar-refractivity contribution in [3.8, 4) is 0 Å². The van der Waals surface area contributed by atoms with Crippen LogP contribution in [-0.4, -0.2) is 79.1 Å². The number of rotatable bonds is 3. The number of hydrogen-bond acceptors (Lipinski definition) is 3. The molecule has 0 spiro atoms. The van der Waals surface area contributed by atoms with Gasteiger partial charge in [0.1, 0.15) is 0 Å². The second kappa shape index (κ2) is 6.98. The third kappa shape index (κ3) is 3.34. The average molecular weight is 333 g/mol. The molecule has 2 heterocycles. The molecule has 1 saturated carbocycles. The number of carbonyl (C=O) groups is 2. The Hall–Kier alpha value is -1.81. The lowest BCUT2D eigenvalue weighted by Crippen LogP contribution is -2.43. The van der Waals surface area contributed by atoms with Crippen molar-refractivity contribution in [2.24, 2.45) is 11.8 Å². The fourth-order valence-corrected chi connectivity index (χ4v) is 4.41. The van der Waals surface area contributed by atoms with Crippen LogP contribution in [0.2, 0.25) is 0 Å². The number of fused-ring (bicyclic) bond motifs is 1. The molecule has 3 fully saturated rings. The predicted molar refractivity (Wildman–Crippen MR) is 90.0 cm³/mol. The number of amides is 3. The van der Waals surface area contributed by atoms with Crippen LogP contribution in [0.5, 0.6) is 0 Å². The first-order valence-corrected chi connectivity index (χ1v) is 8.85. The fourth-order valence-electron chi connectivity index (χ4n) is 4.41. The molecule has 3 amide bonds. The summed E-state index contributed by atoms with van der Waals surface area (Å²) >= 11 is 0. The Bertz CT molecular complexity index is 530. The van der Waals surface area contributed by atoms with E-state index in [9.17, 15) is 9.59 Å². The second-order valence-corrected chi connectivity index (χ2v) is 7.49. The molecular weight excluding hydrogens is 306 g/mol. The van der Waals surface area contributed by atoms with E-state index in [0.29, 0.717) is 31.0 Å². The SMILES string of the molecule is [C-]#[N+][C@@H]1CCCN1C(=O)CNC1C[C@@H]2CN(C(=O)N(C)C)C[C@@H]2C1. The minimum atomic E-state index is -0.257. The molecule has 2 aliphatic heterocycles. The molecule has 0 aromatic carbocycles. The van der Waals surface area contributed by atoms with E-state index in [1.54, 1.807) is 23.9 Å². The summed E-state index contributed by atoms with van der Waals surface area (Å²) in [6.45, 7) is 9.88. The molecular formula is C17H27N5O2. The molecule has 0 radical (unpaired) electrons. The highest BCUT2D eigenvalue weighted by molar-refractivity contribution is 5.79. The van der Waals surface area contributed by atoms with E-state index in [0.717, 1.165) is 38.8 Å². The molecule has 1 unspecified atom stereocenters. The van der Waals surface area contributed by atoms with Gasteiger partial charge in [0.2, 0.25) is 5.91 Å². The summed E-state index contributed by atoms with van der Waals surface area (Å²) in [7, 11) is 3.59. The van der Waals surface area contributed by atoms with Gasteiger partial charge < -0.3 is 15.1 Å². The number of nitrogens with one attached hydrogen (secondary N) is 1. The molecule has 7 nitrogen and oxygen atoms in total. The molecule has 0 aromatic heterocycles. The van der Waals surface area contributed by atoms with Crippen LogP contribution in [0, 0.1) is 18.4 Å². The van der Waals surface area contributed by atoms with E-state index < -0.39 is 0 Å². The fraction of sp³-hybridized carbons (Fsp3) is 0.824. The quantitative estimate of drug-likeness (QED) is 0.779. The normalized spacial score (nSPS) is 31.9. The Morgan fingerprint density at radius 3 is 2.50 bits per heavy atom. The van der Waals surface area contributed by atoms with Gasteiger partial charge in [-0.2, -0.15) is 0 Å². The maximum atomic E-state index is 12.3. The summed E-state index contributed by atoms with van der Waals surface area (Å²) < 4.78 is 0. The number of urea groups is 1. The van der Waals surface area contributed by atoms with Crippen molar-refractivity contribution in [1.29, 1.82) is 0 Å². The summed E-state index contributed by atoms with van der Waals surface area (Å²) in [4.78, 5) is 33.2. The van der Waals surface area contributed by atoms with Gasteiger partial charge in [0.15, 0.2) is 0 Å². The second-order valence-electron chi connectivity index (χ2n) is 7.49. The maximum absolute atomic E-state index is 12.3. The molecule has 3 aliphatic rings. The third-order valence-corrected chi connectivity index (χ3v) is 5.64. The molecule has 1 aliphatic carbocycles. The Kier molecular flexibility index (Phi) is 4.95. The lowest BCUT2D eigenvalue weighted by molar-refractivity contribution is -0.130. The zero-order chi connectivity index (χ0) is 17.3. The van der Waals surface area contributed by atoms with Crippen molar-refractivity contribution >= 4 is 11.9 Å². The van der Waals surface area contributed by atoms with Crippen LogP contribution in [0.25, 0.3) is 4.85 Å². The van der Waals surface area contributed by atoms with Gasteiger partial charge in [0.05, 0.1) is 6.54 Å². The monoisotopic (exact) mass is 333 g/mol. The lowest BCUT2D eigenvalue weighted by Gasteiger charge is -2.23. The minimum absolute atomic E-state index is 0.0509. The largest absolute Gasteiger partial charge is 0.331 e. The highest BCUT2D eigenvalue weighted by Gasteiger charge is 2.43. The van der Waals surface area contributed by atoms with Crippen LogP contribution in [0.1, 0.15) is 25.7 Å². The molecule has 0 bridgehead atoms. The Balaban J connectivity index is 1.43. The van der Waals surface area contributed by atoms with Gasteiger partial charge in [-0.15, -0.1) is 0 Å². The summed E-state index contributed by atoms with van der Waals surface area (Å²) in [5.41, 5.74) is 0. The summed E-state index contributed by atoms with van der Waals surface area (Å²) in [5, 5.41) is 3.39. The first-order chi connectivity index (χ1) is 11.5. The molecule has 2 saturated heterocycles. The van der Waals surface area contributed by atoms with Crippen LogP contribution < -0.4 is 5.32 Å². The van der Waals surface area contributed by atoms with Crippen molar-refractivity contribution in [2.45, 2.75) is 37.9 Å². The smallest absolute Gasteiger partial charge is 0.319 e. The molecule has 24 heavy (non-hydrogen) atoms. The van der Waals surface area contributed by atoms with Crippen molar-refractivity contribution in [3.05, 3.63) is 11.4 Å². The van der Waals surface area contributed by atoms with Gasteiger partial charge in [-0.25, -0.2) is 11.4 Å². The molecule has 4 atom stereocenters. The first-order valence-electron chi connectivity index (χ1n) is 8.85. The van der Waals surface area contributed by atoms with Crippen LogP contribution in [0.4, 0.5) is 4.79 Å². The zero-order valence-corrected chi connectivity index (χ0v) is 14.6. The Morgan fingerprint density at radius 1 is 1.25 bits per heavy atom. The lowest BCUT2D eigenvalue weighted by atomic mass is 10.0. The summed E-state index contributed by atoms with van der Waals surface area (Å²) in [6, 6.07) is 0.456. The van der Waals surface area contributed by atoms with Gasteiger partial charge in [-0.3, -0.25) is 14.5 Å². The number of likely N-dealkylation sites (tertiary alicyclic amines) is 2. The Labute approximate surface area is 143 Å². The zero-order valence-electron chi connectivity index (χ0n) is 14.6. The van der Waals surface area contributed by atoms with Crippen molar-refractivity contribution < 1.29 is 9.59 Å². The van der Waals surface area contributed by atoms with Gasteiger partial charge in [0.25, 0.3) is 0 Å². The first kappa shape index (κ1) is 17.0.